The lowest BCUT2D eigenvalue weighted by Crippen LogP contribution is -2.43. The van der Waals surface area contributed by atoms with E-state index in [1.807, 2.05) is 39.0 Å². The van der Waals surface area contributed by atoms with Crippen LogP contribution in [0.3, 0.4) is 0 Å². The van der Waals surface area contributed by atoms with Gasteiger partial charge < -0.3 is 15.8 Å². The molecule has 126 valence electrons. The Hall–Kier alpha value is -1.92. The normalized spacial score (nSPS) is 21.0. The van der Waals surface area contributed by atoms with Crippen LogP contribution in [0.25, 0.3) is 0 Å². The number of carbonyl (C=O) groups excluding carboxylic acids is 2. The third-order valence-electron chi connectivity index (χ3n) is 4.43. The fraction of sp³-hybridized carbons (Fsp3) is 0.529. The highest BCUT2D eigenvalue weighted by molar-refractivity contribution is 6.07. The molecular formula is C17H25N3O3. The minimum Gasteiger partial charge on any atom is -0.378 e. The van der Waals surface area contributed by atoms with E-state index >= 15 is 0 Å². The van der Waals surface area contributed by atoms with Crippen LogP contribution in [0.15, 0.2) is 18.2 Å². The van der Waals surface area contributed by atoms with Crippen LogP contribution in [0.2, 0.25) is 0 Å². The second-order valence-electron chi connectivity index (χ2n) is 5.85. The summed E-state index contributed by atoms with van der Waals surface area (Å²) in [6.07, 6.45) is 0.500. The Labute approximate surface area is 137 Å². The molecular weight excluding hydrogens is 294 g/mol. The lowest BCUT2D eigenvalue weighted by molar-refractivity contribution is -0.132. The predicted molar refractivity (Wildman–Crippen MR) is 88.0 cm³/mol. The van der Waals surface area contributed by atoms with E-state index in [0.29, 0.717) is 26.2 Å². The molecule has 3 amide bonds. The van der Waals surface area contributed by atoms with Gasteiger partial charge in [0.15, 0.2) is 0 Å². The van der Waals surface area contributed by atoms with Crippen molar-refractivity contribution in [3.63, 3.8) is 0 Å². The Morgan fingerprint density at radius 1 is 1.22 bits per heavy atom. The van der Waals surface area contributed by atoms with Gasteiger partial charge in [-0.3, -0.25) is 9.69 Å². The first-order chi connectivity index (χ1) is 11.0. The van der Waals surface area contributed by atoms with Crippen molar-refractivity contribution in [3.8, 4) is 0 Å². The minimum atomic E-state index is -0.983. The number of nitrogens with zero attached hydrogens (tertiary/aromatic N) is 1. The second-order valence-corrected chi connectivity index (χ2v) is 5.85. The maximum Gasteiger partial charge on any atom is 0.325 e. The molecule has 1 aromatic rings. The number of hydrogen-bond acceptors (Lipinski definition) is 4. The van der Waals surface area contributed by atoms with Gasteiger partial charge >= 0.3 is 6.03 Å². The zero-order valence-electron chi connectivity index (χ0n) is 14.0. The molecule has 1 fully saturated rings. The van der Waals surface area contributed by atoms with Gasteiger partial charge in [0.1, 0.15) is 5.54 Å². The monoisotopic (exact) mass is 319 g/mol. The van der Waals surface area contributed by atoms with E-state index in [9.17, 15) is 9.59 Å². The van der Waals surface area contributed by atoms with Gasteiger partial charge in [0.25, 0.3) is 5.91 Å². The van der Waals surface area contributed by atoms with Crippen LogP contribution in [-0.2, 0) is 15.1 Å². The topological polar surface area (TPSA) is 84.7 Å². The number of urea groups is 1. The molecule has 0 spiro atoms. The quantitative estimate of drug-likeness (QED) is 0.588. The molecule has 1 aromatic carbocycles. The molecule has 1 saturated heterocycles. The smallest absolute Gasteiger partial charge is 0.325 e. The van der Waals surface area contributed by atoms with Crippen LogP contribution in [0.5, 0.6) is 0 Å². The van der Waals surface area contributed by atoms with Crippen molar-refractivity contribution in [2.75, 3.05) is 26.3 Å². The molecule has 2 rings (SSSR count). The number of ether oxygens (including phenoxy) is 1. The van der Waals surface area contributed by atoms with Gasteiger partial charge in [-0.1, -0.05) is 25.1 Å². The van der Waals surface area contributed by atoms with Crippen LogP contribution in [0, 0.1) is 13.8 Å². The van der Waals surface area contributed by atoms with Gasteiger partial charge in [-0.05, 0) is 37.0 Å². The van der Waals surface area contributed by atoms with E-state index in [-0.39, 0.29) is 18.5 Å². The molecule has 0 bridgehead atoms. The van der Waals surface area contributed by atoms with Crippen LogP contribution in [0.4, 0.5) is 4.79 Å². The van der Waals surface area contributed by atoms with Crippen molar-refractivity contribution < 1.29 is 14.3 Å². The highest BCUT2D eigenvalue weighted by Gasteiger charge is 2.51. The summed E-state index contributed by atoms with van der Waals surface area (Å²) in [5, 5.41) is 2.88. The number of carbonyl (C=O) groups is 2. The molecule has 1 atom stereocenters. The average molecular weight is 319 g/mol. The lowest BCUT2D eigenvalue weighted by Gasteiger charge is -2.26. The zero-order chi connectivity index (χ0) is 17.0. The largest absolute Gasteiger partial charge is 0.378 e. The molecule has 1 unspecified atom stereocenters. The number of hydrogen-bond donors (Lipinski definition) is 2. The number of rotatable bonds is 7. The van der Waals surface area contributed by atoms with Crippen LogP contribution in [-0.4, -0.2) is 43.1 Å². The van der Waals surface area contributed by atoms with Gasteiger partial charge in [0.05, 0.1) is 19.8 Å². The van der Waals surface area contributed by atoms with Gasteiger partial charge in [-0.2, -0.15) is 0 Å². The second kappa shape index (κ2) is 7.10. The van der Waals surface area contributed by atoms with Gasteiger partial charge in [-0.25, -0.2) is 4.79 Å². The van der Waals surface area contributed by atoms with Crippen LogP contribution < -0.4 is 11.1 Å². The molecule has 3 N–H and O–H groups in total. The number of amides is 3. The van der Waals surface area contributed by atoms with Crippen molar-refractivity contribution >= 4 is 11.9 Å². The van der Waals surface area contributed by atoms with Gasteiger partial charge in [0, 0.05) is 6.54 Å². The van der Waals surface area contributed by atoms with E-state index in [0.717, 1.165) is 16.7 Å². The minimum absolute atomic E-state index is 0.218. The van der Waals surface area contributed by atoms with Crippen LogP contribution >= 0.6 is 0 Å². The number of nitrogens with two attached hydrogens (primary N) is 1. The molecule has 1 aliphatic rings. The number of nitrogens with one attached hydrogen (secondary N) is 1. The summed E-state index contributed by atoms with van der Waals surface area (Å²) in [7, 11) is 0. The van der Waals surface area contributed by atoms with E-state index in [4.69, 9.17) is 10.5 Å². The number of benzene rings is 1. The molecule has 0 saturated carbocycles. The molecule has 0 radical (unpaired) electrons. The maximum atomic E-state index is 12.9. The highest BCUT2D eigenvalue weighted by Crippen LogP contribution is 2.33. The van der Waals surface area contributed by atoms with E-state index in [1.165, 1.54) is 4.90 Å². The zero-order valence-corrected chi connectivity index (χ0v) is 14.0. The Morgan fingerprint density at radius 3 is 2.57 bits per heavy atom. The first-order valence-corrected chi connectivity index (χ1v) is 7.96. The van der Waals surface area contributed by atoms with Crippen molar-refractivity contribution in [2.45, 2.75) is 32.7 Å². The lowest BCUT2D eigenvalue weighted by atomic mass is 9.85. The third kappa shape index (κ3) is 3.23. The first kappa shape index (κ1) is 17.4. The molecule has 0 aromatic heterocycles. The summed E-state index contributed by atoms with van der Waals surface area (Å²) in [4.78, 5) is 26.4. The summed E-state index contributed by atoms with van der Waals surface area (Å²) in [5.41, 5.74) is 7.46. The summed E-state index contributed by atoms with van der Waals surface area (Å²) < 4.78 is 5.28. The maximum absolute atomic E-state index is 12.9. The Morgan fingerprint density at radius 2 is 1.96 bits per heavy atom. The molecule has 6 nitrogen and oxygen atoms in total. The van der Waals surface area contributed by atoms with Crippen molar-refractivity contribution in [1.29, 1.82) is 0 Å². The molecule has 1 aliphatic heterocycles. The first-order valence-electron chi connectivity index (χ1n) is 7.96. The fourth-order valence-corrected chi connectivity index (χ4v) is 2.82. The van der Waals surface area contributed by atoms with E-state index in [1.54, 1.807) is 0 Å². The van der Waals surface area contributed by atoms with E-state index < -0.39 is 5.54 Å². The average Bonchev–Trinajstić information content (AvgIpc) is 2.78. The fourth-order valence-electron chi connectivity index (χ4n) is 2.82. The number of aryl methyl sites for hydroxylation is 2. The SMILES string of the molecule is CCC1(c2ccc(C)c(C)c2)NC(=O)N(CCOCCN)C1=O. The standard InChI is InChI=1S/C17H25N3O3/c1-4-17(14-6-5-12(2)13(3)11-14)15(21)20(16(22)19-17)8-10-23-9-7-18/h5-6,11H,4,7-10,18H2,1-3H3,(H,19,22). The van der Waals surface area contributed by atoms with Crippen molar-refractivity contribution in [2.24, 2.45) is 5.73 Å². The van der Waals surface area contributed by atoms with Crippen molar-refractivity contribution in [3.05, 3.63) is 34.9 Å². The Kier molecular flexibility index (Phi) is 5.38. The van der Waals surface area contributed by atoms with Crippen molar-refractivity contribution in [1.82, 2.24) is 10.2 Å². The Bertz CT molecular complexity index is 603. The molecule has 0 aliphatic carbocycles. The molecule has 6 heteroatoms. The van der Waals surface area contributed by atoms with E-state index in [2.05, 4.69) is 5.32 Å². The van der Waals surface area contributed by atoms with Gasteiger partial charge in [-0.15, -0.1) is 0 Å². The highest BCUT2D eigenvalue weighted by atomic mass is 16.5. The summed E-state index contributed by atoms with van der Waals surface area (Å²) in [6.45, 7) is 7.29. The summed E-state index contributed by atoms with van der Waals surface area (Å²) in [6, 6.07) is 5.50. The van der Waals surface area contributed by atoms with Crippen LogP contribution in [0.1, 0.15) is 30.0 Å². The molecule has 23 heavy (non-hydrogen) atoms. The number of imide groups is 1. The predicted octanol–water partition coefficient (Wildman–Crippen LogP) is 1.44. The summed E-state index contributed by atoms with van der Waals surface area (Å²) >= 11 is 0. The summed E-state index contributed by atoms with van der Waals surface area (Å²) in [5.74, 6) is -0.218. The Balaban J connectivity index is 2.23. The third-order valence-corrected chi connectivity index (χ3v) is 4.43. The van der Waals surface area contributed by atoms with Gasteiger partial charge in [0.2, 0.25) is 0 Å². The molecule has 1 heterocycles.